The molecular formula is C12H16N2O3S. The maximum Gasteiger partial charge on any atom is 0.325 e. The molecule has 1 aromatic rings. The van der Waals surface area contributed by atoms with Crippen molar-refractivity contribution in [3.63, 3.8) is 0 Å². The Kier molecular flexibility index (Phi) is 4.19. The number of carbonyl (C=O) groups is 2. The summed E-state index contributed by atoms with van der Waals surface area (Å²) in [6.07, 6.45) is 1.97. The molecule has 1 fully saturated rings. The monoisotopic (exact) mass is 268 g/mol. The van der Waals surface area contributed by atoms with E-state index in [1.807, 2.05) is 17.5 Å². The molecule has 0 bridgehead atoms. The first kappa shape index (κ1) is 12.9. The van der Waals surface area contributed by atoms with E-state index < -0.39 is 5.97 Å². The number of amides is 2. The second kappa shape index (κ2) is 5.86. The Balaban J connectivity index is 1.95. The largest absolute Gasteiger partial charge is 0.468 e. The van der Waals surface area contributed by atoms with Gasteiger partial charge in [0.1, 0.15) is 6.54 Å². The molecule has 1 unspecified atom stereocenters. The van der Waals surface area contributed by atoms with Crippen molar-refractivity contribution in [2.45, 2.75) is 18.9 Å². The lowest BCUT2D eigenvalue weighted by molar-refractivity contribution is -0.139. The van der Waals surface area contributed by atoms with Gasteiger partial charge in [0.15, 0.2) is 0 Å². The van der Waals surface area contributed by atoms with Crippen LogP contribution in [0.4, 0.5) is 4.79 Å². The minimum atomic E-state index is -0.435. The summed E-state index contributed by atoms with van der Waals surface area (Å²) in [6.45, 7) is 0.651. The van der Waals surface area contributed by atoms with Gasteiger partial charge >= 0.3 is 12.0 Å². The van der Waals surface area contributed by atoms with Gasteiger partial charge in [-0.15, -0.1) is 11.3 Å². The first-order valence-corrected chi connectivity index (χ1v) is 6.75. The molecule has 2 amide bonds. The van der Waals surface area contributed by atoms with E-state index in [9.17, 15) is 9.59 Å². The molecule has 98 valence electrons. The van der Waals surface area contributed by atoms with Crippen LogP contribution in [0.2, 0.25) is 0 Å². The minimum absolute atomic E-state index is 0.0804. The van der Waals surface area contributed by atoms with Crippen LogP contribution in [0.3, 0.4) is 0 Å². The summed E-state index contributed by atoms with van der Waals surface area (Å²) in [7, 11) is 1.30. The number of methoxy groups -OCH3 is 1. The first-order valence-electron chi connectivity index (χ1n) is 5.87. The van der Waals surface area contributed by atoms with Gasteiger partial charge in [-0.1, -0.05) is 6.07 Å². The van der Waals surface area contributed by atoms with Crippen molar-refractivity contribution < 1.29 is 14.3 Å². The lowest BCUT2D eigenvalue weighted by atomic mass is 10.2. The highest BCUT2D eigenvalue weighted by molar-refractivity contribution is 7.10. The van der Waals surface area contributed by atoms with Crippen molar-refractivity contribution in [3.05, 3.63) is 22.4 Å². The van der Waals surface area contributed by atoms with E-state index in [0.717, 1.165) is 19.4 Å². The van der Waals surface area contributed by atoms with Crippen LogP contribution in [-0.2, 0) is 9.53 Å². The number of likely N-dealkylation sites (tertiary alicyclic amines) is 1. The normalized spacial score (nSPS) is 18.7. The number of carbonyl (C=O) groups excluding carboxylic acids is 2. The zero-order valence-electron chi connectivity index (χ0n) is 10.2. The molecule has 1 aromatic heterocycles. The molecule has 1 atom stereocenters. The maximum atomic E-state index is 12.0. The smallest absolute Gasteiger partial charge is 0.325 e. The Morgan fingerprint density at radius 3 is 3.11 bits per heavy atom. The third-order valence-electron chi connectivity index (χ3n) is 3.00. The molecule has 1 saturated heterocycles. The van der Waals surface area contributed by atoms with Gasteiger partial charge in [0.05, 0.1) is 13.2 Å². The minimum Gasteiger partial charge on any atom is -0.468 e. The van der Waals surface area contributed by atoms with Crippen molar-refractivity contribution in [1.29, 1.82) is 0 Å². The number of hydrogen-bond donors (Lipinski definition) is 1. The van der Waals surface area contributed by atoms with Gasteiger partial charge in [0.2, 0.25) is 0 Å². The average Bonchev–Trinajstić information content (AvgIpc) is 3.04. The lowest BCUT2D eigenvalue weighted by Crippen LogP contribution is -2.41. The molecule has 18 heavy (non-hydrogen) atoms. The maximum absolute atomic E-state index is 12.0. The quantitative estimate of drug-likeness (QED) is 0.850. The topological polar surface area (TPSA) is 58.6 Å². The van der Waals surface area contributed by atoms with Gasteiger partial charge in [0, 0.05) is 11.4 Å². The summed E-state index contributed by atoms with van der Waals surface area (Å²) in [5, 5.41) is 4.60. The second-order valence-electron chi connectivity index (χ2n) is 4.10. The van der Waals surface area contributed by atoms with Gasteiger partial charge < -0.3 is 15.0 Å². The van der Waals surface area contributed by atoms with Gasteiger partial charge in [-0.25, -0.2) is 4.79 Å². The van der Waals surface area contributed by atoms with Crippen molar-refractivity contribution in [2.75, 3.05) is 20.2 Å². The molecule has 2 heterocycles. The predicted molar refractivity (Wildman–Crippen MR) is 68.4 cm³/mol. The van der Waals surface area contributed by atoms with Crippen LogP contribution in [0.15, 0.2) is 17.5 Å². The van der Waals surface area contributed by atoms with Crippen LogP contribution < -0.4 is 5.32 Å². The molecule has 0 aliphatic carbocycles. The first-order chi connectivity index (χ1) is 8.72. The lowest BCUT2D eigenvalue weighted by Gasteiger charge is -2.23. The molecule has 2 rings (SSSR count). The number of nitrogens with zero attached hydrogens (tertiary/aromatic N) is 1. The molecule has 1 aliphatic rings. The molecule has 5 nitrogen and oxygen atoms in total. The van der Waals surface area contributed by atoms with Crippen molar-refractivity contribution >= 4 is 23.3 Å². The van der Waals surface area contributed by atoms with E-state index in [0.29, 0.717) is 0 Å². The van der Waals surface area contributed by atoms with E-state index in [-0.39, 0.29) is 18.6 Å². The molecule has 1 aliphatic heterocycles. The Labute approximate surface area is 110 Å². The fourth-order valence-electron chi connectivity index (χ4n) is 2.11. The van der Waals surface area contributed by atoms with Gasteiger partial charge in [-0.2, -0.15) is 0 Å². The van der Waals surface area contributed by atoms with Gasteiger partial charge in [0.25, 0.3) is 0 Å². The summed E-state index contributed by atoms with van der Waals surface area (Å²) in [5.74, 6) is -0.435. The van der Waals surface area contributed by atoms with Crippen molar-refractivity contribution in [1.82, 2.24) is 10.2 Å². The highest BCUT2D eigenvalue weighted by Crippen LogP contribution is 2.34. The van der Waals surface area contributed by atoms with E-state index in [4.69, 9.17) is 0 Å². The zero-order valence-corrected chi connectivity index (χ0v) is 11.0. The fraction of sp³-hybridized carbons (Fsp3) is 0.500. The molecule has 1 N–H and O–H groups in total. The molecule has 0 aromatic carbocycles. The highest BCUT2D eigenvalue weighted by Gasteiger charge is 2.30. The SMILES string of the molecule is COC(=O)CNC(=O)N1CCCC1c1cccs1. The van der Waals surface area contributed by atoms with Crippen LogP contribution >= 0.6 is 11.3 Å². The average molecular weight is 268 g/mol. The predicted octanol–water partition coefficient (Wildman–Crippen LogP) is 1.77. The number of ether oxygens (including phenoxy) is 1. The van der Waals surface area contributed by atoms with Crippen LogP contribution in [0.25, 0.3) is 0 Å². The van der Waals surface area contributed by atoms with Crippen molar-refractivity contribution in [3.8, 4) is 0 Å². The summed E-state index contributed by atoms with van der Waals surface area (Å²) in [5.41, 5.74) is 0. The Morgan fingerprint density at radius 2 is 2.44 bits per heavy atom. The standard InChI is InChI=1S/C12H16N2O3S/c1-17-11(15)8-13-12(16)14-6-2-4-9(14)10-5-3-7-18-10/h3,5,7,9H,2,4,6,8H2,1H3,(H,13,16). The fourth-order valence-corrected chi connectivity index (χ4v) is 2.98. The van der Waals surface area contributed by atoms with Crippen LogP contribution in [0.1, 0.15) is 23.8 Å². The number of nitrogens with one attached hydrogen (secondary N) is 1. The number of esters is 1. The molecular weight excluding hydrogens is 252 g/mol. The number of urea groups is 1. The molecule has 0 radical (unpaired) electrons. The Hall–Kier alpha value is -1.56. The molecule has 0 spiro atoms. The van der Waals surface area contributed by atoms with E-state index in [1.165, 1.54) is 12.0 Å². The van der Waals surface area contributed by atoms with E-state index >= 15 is 0 Å². The van der Waals surface area contributed by atoms with Crippen LogP contribution in [0, 0.1) is 0 Å². The Bertz CT molecular complexity index is 419. The van der Waals surface area contributed by atoms with Crippen molar-refractivity contribution in [2.24, 2.45) is 0 Å². The summed E-state index contributed by atoms with van der Waals surface area (Å²) >= 11 is 1.66. The van der Waals surface area contributed by atoms with Crippen LogP contribution in [-0.4, -0.2) is 37.1 Å². The second-order valence-corrected chi connectivity index (χ2v) is 5.08. The van der Waals surface area contributed by atoms with Gasteiger partial charge in [-0.05, 0) is 24.3 Å². The number of hydrogen-bond acceptors (Lipinski definition) is 4. The molecule has 0 saturated carbocycles. The Morgan fingerprint density at radius 1 is 1.61 bits per heavy atom. The number of rotatable bonds is 3. The highest BCUT2D eigenvalue weighted by atomic mass is 32.1. The summed E-state index contributed by atoms with van der Waals surface area (Å²) in [4.78, 5) is 26.0. The summed E-state index contributed by atoms with van der Waals surface area (Å²) < 4.78 is 4.49. The van der Waals surface area contributed by atoms with E-state index in [1.54, 1.807) is 16.2 Å². The summed E-state index contributed by atoms with van der Waals surface area (Å²) in [6, 6.07) is 3.98. The zero-order chi connectivity index (χ0) is 13.0. The molecule has 6 heteroatoms. The van der Waals surface area contributed by atoms with E-state index in [2.05, 4.69) is 10.1 Å². The van der Waals surface area contributed by atoms with Gasteiger partial charge in [-0.3, -0.25) is 4.79 Å². The number of thiophene rings is 1. The third kappa shape index (κ3) is 2.81. The van der Waals surface area contributed by atoms with Crippen LogP contribution in [0.5, 0.6) is 0 Å². The third-order valence-corrected chi connectivity index (χ3v) is 3.97.